The SMILES string of the molecule is O=C(C=Cc1ccc(Cl)cc1)Nc1ccc(NC(=O)c2cccs2)cc1. The number of carbonyl (C=O) groups excluding carboxylic acids is 2. The number of hydrogen-bond donors (Lipinski definition) is 2. The summed E-state index contributed by atoms with van der Waals surface area (Å²) in [4.78, 5) is 24.6. The molecule has 0 aliphatic heterocycles. The Kier molecular flexibility index (Phi) is 5.84. The molecule has 4 nitrogen and oxygen atoms in total. The summed E-state index contributed by atoms with van der Waals surface area (Å²) >= 11 is 7.21. The van der Waals surface area contributed by atoms with Crippen LogP contribution in [0.15, 0.2) is 72.1 Å². The number of amides is 2. The fraction of sp³-hybridized carbons (Fsp3) is 0. The van der Waals surface area contributed by atoms with Crippen molar-refractivity contribution in [3.05, 3.63) is 87.6 Å². The van der Waals surface area contributed by atoms with Crippen molar-refractivity contribution in [3.8, 4) is 0 Å². The zero-order valence-corrected chi connectivity index (χ0v) is 15.2. The van der Waals surface area contributed by atoms with Gasteiger partial charge in [-0.15, -0.1) is 11.3 Å². The Morgan fingerprint density at radius 1 is 0.885 bits per heavy atom. The van der Waals surface area contributed by atoms with Crippen molar-refractivity contribution >= 4 is 52.2 Å². The highest BCUT2D eigenvalue weighted by molar-refractivity contribution is 7.12. The van der Waals surface area contributed by atoms with Crippen molar-refractivity contribution in [2.75, 3.05) is 10.6 Å². The molecule has 3 rings (SSSR count). The van der Waals surface area contributed by atoms with Gasteiger partial charge >= 0.3 is 0 Å². The van der Waals surface area contributed by atoms with Crippen LogP contribution in [0.2, 0.25) is 5.02 Å². The summed E-state index contributed by atoms with van der Waals surface area (Å²) in [6, 6.07) is 17.7. The number of thiophene rings is 1. The molecule has 0 aliphatic rings. The summed E-state index contributed by atoms with van der Waals surface area (Å²) in [6.07, 6.45) is 3.16. The first kappa shape index (κ1) is 17.9. The van der Waals surface area contributed by atoms with Crippen LogP contribution in [-0.2, 0) is 4.79 Å². The average Bonchev–Trinajstić information content (AvgIpc) is 3.18. The zero-order valence-electron chi connectivity index (χ0n) is 13.6. The predicted octanol–water partition coefficient (Wildman–Crippen LogP) is 5.31. The lowest BCUT2D eigenvalue weighted by Crippen LogP contribution is -2.10. The van der Waals surface area contributed by atoms with Gasteiger partial charge in [-0.25, -0.2) is 0 Å². The van der Waals surface area contributed by atoms with Crippen molar-refractivity contribution in [2.45, 2.75) is 0 Å². The molecule has 26 heavy (non-hydrogen) atoms. The first-order chi connectivity index (χ1) is 12.6. The lowest BCUT2D eigenvalue weighted by atomic mass is 10.2. The molecule has 0 bridgehead atoms. The van der Waals surface area contributed by atoms with Crippen LogP contribution in [0.5, 0.6) is 0 Å². The van der Waals surface area contributed by atoms with Gasteiger partial charge in [-0.2, -0.15) is 0 Å². The third-order valence-corrected chi connectivity index (χ3v) is 4.57. The quantitative estimate of drug-likeness (QED) is 0.588. The number of benzene rings is 2. The van der Waals surface area contributed by atoms with E-state index in [0.29, 0.717) is 21.3 Å². The maximum atomic E-state index is 12.0. The van der Waals surface area contributed by atoms with E-state index in [0.717, 1.165) is 5.56 Å². The van der Waals surface area contributed by atoms with Crippen molar-refractivity contribution in [1.82, 2.24) is 0 Å². The van der Waals surface area contributed by atoms with E-state index < -0.39 is 0 Å². The molecule has 0 radical (unpaired) electrons. The molecule has 2 amide bonds. The molecule has 0 saturated carbocycles. The van der Waals surface area contributed by atoms with Crippen molar-refractivity contribution < 1.29 is 9.59 Å². The van der Waals surface area contributed by atoms with E-state index in [1.54, 1.807) is 48.5 Å². The maximum absolute atomic E-state index is 12.0. The Morgan fingerprint density at radius 3 is 2.15 bits per heavy atom. The van der Waals surface area contributed by atoms with E-state index in [4.69, 9.17) is 11.6 Å². The average molecular weight is 383 g/mol. The Bertz CT molecular complexity index is 917. The molecule has 6 heteroatoms. The lowest BCUT2D eigenvalue weighted by molar-refractivity contribution is -0.111. The Morgan fingerprint density at radius 2 is 1.54 bits per heavy atom. The minimum atomic E-state index is -0.240. The molecule has 0 atom stereocenters. The van der Waals surface area contributed by atoms with Gasteiger partial charge < -0.3 is 10.6 Å². The van der Waals surface area contributed by atoms with Gasteiger partial charge in [-0.05, 0) is 59.5 Å². The number of anilines is 2. The molecule has 0 fully saturated rings. The summed E-state index contributed by atoms with van der Waals surface area (Å²) in [5, 5.41) is 8.08. The maximum Gasteiger partial charge on any atom is 0.265 e. The van der Waals surface area contributed by atoms with Gasteiger partial charge in [0.1, 0.15) is 0 Å². The van der Waals surface area contributed by atoms with E-state index in [1.807, 2.05) is 23.6 Å². The number of carbonyl (C=O) groups is 2. The van der Waals surface area contributed by atoms with E-state index in [-0.39, 0.29) is 11.8 Å². The smallest absolute Gasteiger partial charge is 0.265 e. The van der Waals surface area contributed by atoms with Crippen LogP contribution >= 0.6 is 22.9 Å². The molecule has 2 aromatic carbocycles. The molecule has 1 aromatic heterocycles. The van der Waals surface area contributed by atoms with Gasteiger partial charge in [0.25, 0.3) is 5.91 Å². The summed E-state index contributed by atoms with van der Waals surface area (Å²) in [5.74, 6) is -0.391. The lowest BCUT2D eigenvalue weighted by Gasteiger charge is -2.06. The van der Waals surface area contributed by atoms with Crippen LogP contribution in [0.25, 0.3) is 6.08 Å². The number of hydrogen-bond acceptors (Lipinski definition) is 3. The summed E-state index contributed by atoms with van der Waals surface area (Å²) in [7, 11) is 0. The van der Waals surface area contributed by atoms with Crippen molar-refractivity contribution in [1.29, 1.82) is 0 Å². The third-order valence-electron chi connectivity index (χ3n) is 3.45. The topological polar surface area (TPSA) is 58.2 Å². The number of halogens is 1. The fourth-order valence-electron chi connectivity index (χ4n) is 2.17. The molecule has 2 N–H and O–H groups in total. The van der Waals surface area contributed by atoms with Crippen LogP contribution in [0.1, 0.15) is 15.2 Å². The van der Waals surface area contributed by atoms with Gasteiger partial charge in [0.15, 0.2) is 0 Å². The molecular formula is C20H15ClN2O2S. The Balaban J connectivity index is 1.55. The first-order valence-corrected chi connectivity index (χ1v) is 9.05. The molecule has 0 spiro atoms. The van der Waals surface area contributed by atoms with Gasteiger partial charge in [0.2, 0.25) is 5.91 Å². The van der Waals surface area contributed by atoms with Crippen LogP contribution in [0.3, 0.4) is 0 Å². The van der Waals surface area contributed by atoms with E-state index in [1.165, 1.54) is 17.4 Å². The molecule has 1 heterocycles. The van der Waals surface area contributed by atoms with Crippen LogP contribution in [-0.4, -0.2) is 11.8 Å². The fourth-order valence-corrected chi connectivity index (χ4v) is 2.91. The van der Waals surface area contributed by atoms with E-state index in [2.05, 4.69) is 10.6 Å². The summed E-state index contributed by atoms with van der Waals surface area (Å²) in [6.45, 7) is 0. The van der Waals surface area contributed by atoms with Crippen LogP contribution in [0.4, 0.5) is 11.4 Å². The second-order valence-corrected chi connectivity index (χ2v) is 6.77. The monoisotopic (exact) mass is 382 g/mol. The first-order valence-electron chi connectivity index (χ1n) is 7.80. The highest BCUT2D eigenvalue weighted by Gasteiger charge is 2.06. The molecule has 130 valence electrons. The second-order valence-electron chi connectivity index (χ2n) is 5.38. The molecule has 0 aliphatic carbocycles. The minimum Gasteiger partial charge on any atom is -0.323 e. The summed E-state index contributed by atoms with van der Waals surface area (Å²) in [5.41, 5.74) is 2.19. The predicted molar refractivity (Wildman–Crippen MR) is 108 cm³/mol. The van der Waals surface area contributed by atoms with Crippen molar-refractivity contribution in [2.24, 2.45) is 0 Å². The van der Waals surface area contributed by atoms with Crippen LogP contribution in [0, 0.1) is 0 Å². The zero-order chi connectivity index (χ0) is 18.4. The molecular weight excluding hydrogens is 368 g/mol. The largest absolute Gasteiger partial charge is 0.323 e. The summed E-state index contributed by atoms with van der Waals surface area (Å²) < 4.78 is 0. The highest BCUT2D eigenvalue weighted by atomic mass is 35.5. The van der Waals surface area contributed by atoms with Crippen LogP contribution < -0.4 is 10.6 Å². The molecule has 0 unspecified atom stereocenters. The molecule has 3 aromatic rings. The molecule has 0 saturated heterocycles. The van der Waals surface area contributed by atoms with Gasteiger partial charge in [0, 0.05) is 22.5 Å². The van der Waals surface area contributed by atoms with Gasteiger partial charge in [-0.1, -0.05) is 29.8 Å². The standard InChI is InChI=1S/C20H15ClN2O2S/c21-15-6-3-14(4-7-15)5-12-19(24)22-16-8-10-17(11-9-16)23-20(25)18-2-1-13-26-18/h1-13H,(H,22,24)(H,23,25). The van der Waals surface area contributed by atoms with E-state index in [9.17, 15) is 9.59 Å². The Hall–Kier alpha value is -2.89. The minimum absolute atomic E-state index is 0.150. The van der Waals surface area contributed by atoms with Gasteiger partial charge in [-0.3, -0.25) is 9.59 Å². The third kappa shape index (κ3) is 5.05. The van der Waals surface area contributed by atoms with Crippen molar-refractivity contribution in [3.63, 3.8) is 0 Å². The normalized spacial score (nSPS) is 10.7. The highest BCUT2D eigenvalue weighted by Crippen LogP contribution is 2.16. The van der Waals surface area contributed by atoms with E-state index >= 15 is 0 Å². The second kappa shape index (κ2) is 8.47. The number of nitrogens with one attached hydrogen (secondary N) is 2. The Labute approximate surface area is 160 Å². The number of rotatable bonds is 5. The van der Waals surface area contributed by atoms with Gasteiger partial charge in [0.05, 0.1) is 4.88 Å².